The number of benzene rings is 1. The molecular weight excluding hydrogens is 350 g/mol. The van der Waals surface area contributed by atoms with Crippen LogP contribution in [0.25, 0.3) is 22.4 Å². The van der Waals surface area contributed by atoms with E-state index in [0.717, 1.165) is 72.3 Å². The number of aromatic nitrogens is 4. The number of fused-ring (bicyclic) bond motifs is 2. The molecule has 146 valence electrons. The van der Waals surface area contributed by atoms with Gasteiger partial charge in [-0.15, -0.1) is 10.2 Å². The van der Waals surface area contributed by atoms with Gasteiger partial charge in [0.05, 0.1) is 6.33 Å². The Bertz CT molecular complexity index is 1040. The van der Waals surface area contributed by atoms with Gasteiger partial charge >= 0.3 is 0 Å². The first kappa shape index (κ1) is 17.6. The number of piperidine rings is 1. The molecule has 1 atom stereocenters. The number of rotatable bonds is 2. The van der Waals surface area contributed by atoms with Gasteiger partial charge in [-0.05, 0) is 76.2 Å². The van der Waals surface area contributed by atoms with Gasteiger partial charge in [-0.3, -0.25) is 0 Å². The van der Waals surface area contributed by atoms with E-state index >= 15 is 0 Å². The number of imidazole rings is 1. The van der Waals surface area contributed by atoms with Gasteiger partial charge in [0.2, 0.25) is 0 Å². The number of likely N-dealkylation sites (N-methyl/N-ethyl adjacent to an activating group) is 1. The second-order valence-electron chi connectivity index (χ2n) is 8.36. The summed E-state index contributed by atoms with van der Waals surface area (Å²) < 4.78 is 2.18. The molecule has 1 N–H and O–H groups in total. The van der Waals surface area contributed by atoms with Crippen molar-refractivity contribution in [3.8, 4) is 17.0 Å². The molecule has 6 heteroatoms. The molecule has 28 heavy (non-hydrogen) atoms. The van der Waals surface area contributed by atoms with Gasteiger partial charge in [-0.25, -0.2) is 4.98 Å². The number of hydrogen-bond donors (Lipinski definition) is 1. The van der Waals surface area contributed by atoms with E-state index in [1.54, 1.807) is 0 Å². The zero-order valence-electron chi connectivity index (χ0n) is 16.6. The summed E-state index contributed by atoms with van der Waals surface area (Å²) in [6.45, 7) is 4.20. The van der Waals surface area contributed by atoms with Crippen molar-refractivity contribution in [3.63, 3.8) is 0 Å². The first-order valence-corrected chi connectivity index (χ1v) is 10.4. The molecule has 1 aromatic carbocycles. The van der Waals surface area contributed by atoms with Crippen LogP contribution in [-0.2, 0) is 12.8 Å². The minimum Gasteiger partial charge on any atom is -0.507 e. The first-order chi connectivity index (χ1) is 13.6. The van der Waals surface area contributed by atoms with Gasteiger partial charge in [0.25, 0.3) is 0 Å². The van der Waals surface area contributed by atoms with Crippen molar-refractivity contribution in [1.82, 2.24) is 24.6 Å². The summed E-state index contributed by atoms with van der Waals surface area (Å²) in [7, 11) is 2.17. The summed E-state index contributed by atoms with van der Waals surface area (Å²) in [6.07, 6.45) is 8.56. The van der Waals surface area contributed by atoms with Crippen LogP contribution in [-0.4, -0.2) is 49.9 Å². The molecule has 6 nitrogen and oxygen atoms in total. The number of phenolic OH excluding ortho intramolecular Hbond substituents is 1. The third-order valence-corrected chi connectivity index (χ3v) is 6.47. The quantitative estimate of drug-likeness (QED) is 0.738. The molecule has 5 rings (SSSR count). The normalized spacial score (nSPS) is 20.4. The monoisotopic (exact) mass is 377 g/mol. The average Bonchev–Trinajstić information content (AvgIpc) is 3.14. The molecule has 2 aliphatic rings. The van der Waals surface area contributed by atoms with E-state index in [-0.39, 0.29) is 0 Å². The molecule has 1 aliphatic carbocycles. The van der Waals surface area contributed by atoms with Gasteiger partial charge in [-0.1, -0.05) is 6.07 Å². The molecule has 0 amide bonds. The van der Waals surface area contributed by atoms with E-state index in [1.807, 2.05) is 19.3 Å². The Hall–Kier alpha value is -2.47. The highest BCUT2D eigenvalue weighted by Crippen LogP contribution is 2.39. The lowest BCUT2D eigenvalue weighted by Gasteiger charge is -2.30. The van der Waals surface area contributed by atoms with Crippen molar-refractivity contribution in [1.29, 1.82) is 0 Å². The summed E-state index contributed by atoms with van der Waals surface area (Å²) in [5.74, 6) is 0.377. The molecule has 1 fully saturated rings. The Morgan fingerprint density at radius 3 is 2.82 bits per heavy atom. The number of nitrogens with zero attached hydrogens (tertiary/aromatic N) is 5. The summed E-state index contributed by atoms with van der Waals surface area (Å²) in [6, 6.07) is 4.53. The predicted octanol–water partition coefficient (Wildman–Crippen LogP) is 3.65. The zero-order valence-corrected chi connectivity index (χ0v) is 16.6. The number of aryl methyl sites for hydroxylation is 2. The van der Waals surface area contributed by atoms with Gasteiger partial charge in [0, 0.05) is 23.7 Å². The van der Waals surface area contributed by atoms with Crippen molar-refractivity contribution >= 4 is 11.2 Å². The molecule has 3 heterocycles. The fourth-order valence-electron chi connectivity index (χ4n) is 4.89. The number of phenols is 1. The van der Waals surface area contributed by atoms with E-state index < -0.39 is 0 Å². The van der Waals surface area contributed by atoms with E-state index in [4.69, 9.17) is 0 Å². The van der Waals surface area contributed by atoms with Crippen LogP contribution in [0.15, 0.2) is 18.5 Å². The summed E-state index contributed by atoms with van der Waals surface area (Å²) >= 11 is 0. The minimum absolute atomic E-state index is 0.377. The molecule has 1 aliphatic heterocycles. The predicted molar refractivity (Wildman–Crippen MR) is 110 cm³/mol. The van der Waals surface area contributed by atoms with E-state index in [2.05, 4.69) is 37.8 Å². The van der Waals surface area contributed by atoms with E-state index in [9.17, 15) is 5.11 Å². The Balaban J connectivity index is 1.58. The third-order valence-electron chi connectivity index (χ3n) is 6.47. The Labute approximate surface area is 165 Å². The van der Waals surface area contributed by atoms with Crippen molar-refractivity contribution < 1.29 is 5.11 Å². The Kier molecular flexibility index (Phi) is 4.31. The van der Waals surface area contributed by atoms with Crippen molar-refractivity contribution in [3.05, 3.63) is 35.2 Å². The molecule has 3 aromatic rings. The summed E-state index contributed by atoms with van der Waals surface area (Å²) in [4.78, 5) is 7.04. The number of aromatic hydroxyl groups is 1. The zero-order chi connectivity index (χ0) is 19.3. The van der Waals surface area contributed by atoms with Gasteiger partial charge in [0.15, 0.2) is 5.65 Å². The lowest BCUT2D eigenvalue weighted by molar-refractivity contribution is 0.214. The smallest absolute Gasteiger partial charge is 0.183 e. The third kappa shape index (κ3) is 2.78. The van der Waals surface area contributed by atoms with Crippen LogP contribution >= 0.6 is 0 Å². The highest BCUT2D eigenvalue weighted by molar-refractivity contribution is 5.83. The fourth-order valence-corrected chi connectivity index (χ4v) is 4.89. The molecule has 2 aromatic heterocycles. The first-order valence-electron chi connectivity index (χ1n) is 10.4. The lowest BCUT2D eigenvalue weighted by Crippen LogP contribution is -2.33. The van der Waals surface area contributed by atoms with Crippen molar-refractivity contribution in [2.45, 2.75) is 51.5 Å². The average molecular weight is 377 g/mol. The van der Waals surface area contributed by atoms with Gasteiger partial charge in [0.1, 0.15) is 17.0 Å². The second-order valence-corrected chi connectivity index (χ2v) is 8.36. The maximum atomic E-state index is 10.9. The Morgan fingerprint density at radius 2 is 1.96 bits per heavy atom. The molecule has 0 radical (unpaired) electrons. The molecule has 0 saturated carbocycles. The van der Waals surface area contributed by atoms with Crippen LogP contribution in [0, 0.1) is 6.92 Å². The molecule has 0 spiro atoms. The maximum absolute atomic E-state index is 10.9. The van der Waals surface area contributed by atoms with E-state index in [1.165, 1.54) is 18.4 Å². The minimum atomic E-state index is 0.377. The maximum Gasteiger partial charge on any atom is 0.183 e. The topological polar surface area (TPSA) is 67.1 Å². The summed E-state index contributed by atoms with van der Waals surface area (Å²) in [5.41, 5.74) is 6.59. The SMILES string of the molecule is Cc1c(-c2ccc3c(c2O)CCCC3)nnc2c1ncn2[C@@H]1CCCN(C)C1. The van der Waals surface area contributed by atoms with Crippen LogP contribution in [0.1, 0.15) is 48.4 Å². The van der Waals surface area contributed by atoms with Crippen LogP contribution in [0.3, 0.4) is 0 Å². The van der Waals surface area contributed by atoms with Gasteiger partial charge in [-0.2, -0.15) is 0 Å². The van der Waals surface area contributed by atoms with Crippen molar-refractivity contribution in [2.24, 2.45) is 0 Å². The fraction of sp³-hybridized carbons (Fsp3) is 0.500. The molecule has 1 saturated heterocycles. The van der Waals surface area contributed by atoms with Crippen LogP contribution in [0.4, 0.5) is 0 Å². The Morgan fingerprint density at radius 1 is 1.11 bits per heavy atom. The van der Waals surface area contributed by atoms with Crippen LogP contribution in [0.5, 0.6) is 5.75 Å². The highest BCUT2D eigenvalue weighted by atomic mass is 16.3. The molecule has 0 bridgehead atoms. The second kappa shape index (κ2) is 6.85. The van der Waals surface area contributed by atoms with E-state index in [0.29, 0.717) is 11.8 Å². The van der Waals surface area contributed by atoms with Crippen molar-refractivity contribution in [2.75, 3.05) is 20.1 Å². The highest BCUT2D eigenvalue weighted by Gasteiger charge is 2.24. The van der Waals surface area contributed by atoms with Crippen LogP contribution < -0.4 is 0 Å². The molecular formula is C22H27N5O. The van der Waals surface area contributed by atoms with Gasteiger partial charge < -0.3 is 14.6 Å². The standard InChI is InChI=1S/C22H27N5O/c1-14-19(18-10-9-15-6-3-4-8-17(15)21(18)28)24-25-22-20(14)23-13-27(22)16-7-5-11-26(2)12-16/h9-10,13,16,28H,3-8,11-12H2,1-2H3/t16-/m1/s1. The number of hydrogen-bond acceptors (Lipinski definition) is 5. The lowest BCUT2D eigenvalue weighted by atomic mass is 9.88. The largest absolute Gasteiger partial charge is 0.507 e. The summed E-state index contributed by atoms with van der Waals surface area (Å²) in [5, 5.41) is 20.0. The number of likely N-dealkylation sites (tertiary alicyclic amines) is 1. The molecule has 0 unspecified atom stereocenters. The van der Waals surface area contributed by atoms with Crippen LogP contribution in [0.2, 0.25) is 0 Å².